The molecule has 100 valence electrons. The van der Waals surface area contributed by atoms with Crippen molar-refractivity contribution in [2.75, 3.05) is 19.8 Å². The second-order valence-electron chi connectivity index (χ2n) is 3.80. The van der Waals surface area contributed by atoms with Crippen LogP contribution in [0.15, 0.2) is 12.7 Å². The number of hydrogen-bond acceptors (Lipinski definition) is 4. The third kappa shape index (κ3) is 5.09. The summed E-state index contributed by atoms with van der Waals surface area (Å²) in [4.78, 5) is 15.7. The highest BCUT2D eigenvalue weighted by molar-refractivity contribution is 5.90. The Kier molecular flexibility index (Phi) is 6.71. The summed E-state index contributed by atoms with van der Waals surface area (Å²) in [6.07, 6.45) is 4.37. The Morgan fingerprint density at radius 3 is 3.11 bits per heavy atom. The molecule has 0 fully saturated rings. The lowest BCUT2D eigenvalue weighted by Gasteiger charge is -2.03. The molecule has 6 nitrogen and oxygen atoms in total. The van der Waals surface area contributed by atoms with Crippen LogP contribution in [0.25, 0.3) is 0 Å². The number of aromatic nitrogens is 3. The standard InChI is InChI=1S/C12H20N4O2/c1-3-5-8-18-9-7-13-12(17)11-14-10(6-4-2)15-16-11/h3H,1,4-9H2,2H3,(H,13,17)(H,14,15,16). The van der Waals surface area contributed by atoms with E-state index in [1.807, 2.05) is 6.92 Å². The van der Waals surface area contributed by atoms with Gasteiger partial charge in [0.05, 0.1) is 13.2 Å². The van der Waals surface area contributed by atoms with Gasteiger partial charge in [0, 0.05) is 13.0 Å². The monoisotopic (exact) mass is 252 g/mol. The van der Waals surface area contributed by atoms with E-state index in [2.05, 4.69) is 27.1 Å². The molecule has 0 saturated heterocycles. The van der Waals surface area contributed by atoms with Crippen LogP contribution in [0.2, 0.25) is 0 Å². The summed E-state index contributed by atoms with van der Waals surface area (Å²) in [6, 6.07) is 0. The number of amides is 1. The van der Waals surface area contributed by atoms with Crippen LogP contribution in [0.3, 0.4) is 0 Å². The van der Waals surface area contributed by atoms with Gasteiger partial charge in [-0.05, 0) is 12.8 Å². The molecule has 1 rings (SSSR count). The van der Waals surface area contributed by atoms with E-state index in [0.29, 0.717) is 19.8 Å². The van der Waals surface area contributed by atoms with E-state index >= 15 is 0 Å². The number of carbonyl (C=O) groups is 1. The average molecular weight is 252 g/mol. The fourth-order valence-electron chi connectivity index (χ4n) is 1.33. The molecule has 0 aliphatic carbocycles. The molecule has 0 spiro atoms. The molecule has 1 amide bonds. The molecule has 1 heterocycles. The van der Waals surface area contributed by atoms with Crippen molar-refractivity contribution < 1.29 is 9.53 Å². The second kappa shape index (κ2) is 8.41. The fourth-order valence-corrected chi connectivity index (χ4v) is 1.33. The predicted octanol–water partition coefficient (Wildman–Crippen LogP) is 1.08. The summed E-state index contributed by atoms with van der Waals surface area (Å²) >= 11 is 0. The van der Waals surface area contributed by atoms with Crippen molar-refractivity contribution in [2.24, 2.45) is 0 Å². The van der Waals surface area contributed by atoms with Crippen LogP contribution in [0.1, 0.15) is 36.2 Å². The van der Waals surface area contributed by atoms with Gasteiger partial charge < -0.3 is 10.1 Å². The second-order valence-corrected chi connectivity index (χ2v) is 3.80. The third-order valence-electron chi connectivity index (χ3n) is 2.22. The van der Waals surface area contributed by atoms with Crippen molar-refractivity contribution >= 4 is 5.91 Å². The third-order valence-corrected chi connectivity index (χ3v) is 2.22. The van der Waals surface area contributed by atoms with E-state index < -0.39 is 0 Å². The first-order chi connectivity index (χ1) is 8.77. The average Bonchev–Trinajstić information content (AvgIpc) is 2.82. The highest BCUT2D eigenvalue weighted by Crippen LogP contribution is 1.96. The fraction of sp³-hybridized carbons (Fsp3) is 0.583. The van der Waals surface area contributed by atoms with Crippen molar-refractivity contribution in [1.82, 2.24) is 20.5 Å². The van der Waals surface area contributed by atoms with Crippen molar-refractivity contribution in [2.45, 2.75) is 26.2 Å². The Balaban J connectivity index is 2.21. The molecule has 0 aromatic carbocycles. The number of aromatic amines is 1. The van der Waals surface area contributed by atoms with Gasteiger partial charge in [0.1, 0.15) is 5.82 Å². The highest BCUT2D eigenvalue weighted by atomic mass is 16.5. The van der Waals surface area contributed by atoms with Gasteiger partial charge in [0.2, 0.25) is 5.82 Å². The lowest BCUT2D eigenvalue weighted by molar-refractivity contribution is 0.0908. The SMILES string of the molecule is C=CCCOCCNC(=O)c1n[nH]c(CCC)n1. The van der Waals surface area contributed by atoms with E-state index in [4.69, 9.17) is 4.74 Å². The topological polar surface area (TPSA) is 79.9 Å². The lowest BCUT2D eigenvalue weighted by Crippen LogP contribution is -2.28. The predicted molar refractivity (Wildman–Crippen MR) is 68.3 cm³/mol. The number of carbonyl (C=O) groups excluding carboxylic acids is 1. The molecule has 0 radical (unpaired) electrons. The number of ether oxygens (including phenoxy) is 1. The lowest BCUT2D eigenvalue weighted by atomic mass is 10.3. The zero-order valence-electron chi connectivity index (χ0n) is 10.7. The minimum Gasteiger partial charge on any atom is -0.379 e. The van der Waals surface area contributed by atoms with E-state index in [9.17, 15) is 4.79 Å². The minimum atomic E-state index is -0.277. The smallest absolute Gasteiger partial charge is 0.291 e. The summed E-state index contributed by atoms with van der Waals surface area (Å²) in [6.45, 7) is 7.19. The zero-order chi connectivity index (χ0) is 13.2. The Labute approximate surface area is 107 Å². The Bertz CT molecular complexity index is 376. The Morgan fingerprint density at radius 2 is 2.39 bits per heavy atom. The van der Waals surface area contributed by atoms with E-state index in [1.165, 1.54) is 0 Å². The maximum Gasteiger partial charge on any atom is 0.291 e. The van der Waals surface area contributed by atoms with Gasteiger partial charge >= 0.3 is 0 Å². The van der Waals surface area contributed by atoms with Crippen molar-refractivity contribution in [1.29, 1.82) is 0 Å². The summed E-state index contributed by atoms with van der Waals surface area (Å²) in [7, 11) is 0. The summed E-state index contributed by atoms with van der Waals surface area (Å²) in [5.74, 6) is 0.648. The van der Waals surface area contributed by atoms with E-state index in [0.717, 1.165) is 25.1 Å². The molecule has 1 aromatic rings. The quantitative estimate of drug-likeness (QED) is 0.509. The van der Waals surface area contributed by atoms with Crippen LogP contribution >= 0.6 is 0 Å². The number of hydrogen-bond donors (Lipinski definition) is 2. The molecule has 0 aliphatic rings. The van der Waals surface area contributed by atoms with Gasteiger partial charge in [-0.25, -0.2) is 4.98 Å². The molecular formula is C12H20N4O2. The minimum absolute atomic E-state index is 0.185. The molecule has 2 N–H and O–H groups in total. The molecule has 6 heteroatoms. The first-order valence-electron chi connectivity index (χ1n) is 6.16. The summed E-state index contributed by atoms with van der Waals surface area (Å²) in [5.41, 5.74) is 0. The summed E-state index contributed by atoms with van der Waals surface area (Å²) in [5, 5.41) is 9.30. The van der Waals surface area contributed by atoms with Gasteiger partial charge in [-0.1, -0.05) is 13.0 Å². The van der Waals surface area contributed by atoms with Gasteiger partial charge in [0.25, 0.3) is 5.91 Å². The summed E-state index contributed by atoms with van der Waals surface area (Å²) < 4.78 is 5.27. The van der Waals surface area contributed by atoms with Gasteiger partial charge in [-0.3, -0.25) is 9.89 Å². The van der Waals surface area contributed by atoms with Crippen molar-refractivity contribution in [3.8, 4) is 0 Å². The molecule has 18 heavy (non-hydrogen) atoms. The number of rotatable bonds is 9. The Morgan fingerprint density at radius 1 is 1.56 bits per heavy atom. The largest absolute Gasteiger partial charge is 0.379 e. The first kappa shape index (κ1) is 14.4. The first-order valence-corrected chi connectivity index (χ1v) is 6.16. The molecule has 0 aliphatic heterocycles. The van der Waals surface area contributed by atoms with Crippen molar-refractivity contribution in [3.63, 3.8) is 0 Å². The molecular weight excluding hydrogens is 232 g/mol. The van der Waals surface area contributed by atoms with Crippen LogP contribution in [-0.4, -0.2) is 40.8 Å². The maximum atomic E-state index is 11.6. The number of H-pyrrole nitrogens is 1. The highest BCUT2D eigenvalue weighted by Gasteiger charge is 2.10. The maximum absolute atomic E-state index is 11.6. The normalized spacial score (nSPS) is 10.3. The number of nitrogens with one attached hydrogen (secondary N) is 2. The molecule has 0 bridgehead atoms. The van der Waals surface area contributed by atoms with Gasteiger partial charge in [-0.15, -0.1) is 11.7 Å². The van der Waals surface area contributed by atoms with Crippen LogP contribution in [0.4, 0.5) is 0 Å². The number of nitrogens with zero attached hydrogens (tertiary/aromatic N) is 2. The molecule has 0 saturated carbocycles. The van der Waals surface area contributed by atoms with E-state index in [-0.39, 0.29) is 11.7 Å². The van der Waals surface area contributed by atoms with Crippen LogP contribution in [0, 0.1) is 0 Å². The molecule has 1 aromatic heterocycles. The molecule has 0 unspecified atom stereocenters. The Hall–Kier alpha value is -1.69. The van der Waals surface area contributed by atoms with Crippen LogP contribution in [0.5, 0.6) is 0 Å². The van der Waals surface area contributed by atoms with Gasteiger partial charge in [0.15, 0.2) is 0 Å². The van der Waals surface area contributed by atoms with Crippen LogP contribution in [-0.2, 0) is 11.2 Å². The van der Waals surface area contributed by atoms with Crippen LogP contribution < -0.4 is 5.32 Å². The van der Waals surface area contributed by atoms with Crippen molar-refractivity contribution in [3.05, 3.63) is 24.3 Å². The molecule has 0 atom stereocenters. The zero-order valence-corrected chi connectivity index (χ0v) is 10.7. The van der Waals surface area contributed by atoms with E-state index in [1.54, 1.807) is 6.08 Å². The number of aryl methyl sites for hydroxylation is 1. The van der Waals surface area contributed by atoms with Gasteiger partial charge in [-0.2, -0.15) is 0 Å².